The molecule has 6 atom stereocenters. The number of anilines is 1. The summed E-state index contributed by atoms with van der Waals surface area (Å²) in [7, 11) is 0. The number of ether oxygens (including phenoxy) is 1. The van der Waals surface area contributed by atoms with Crippen LogP contribution in [0.25, 0.3) is 0 Å². The number of para-hydroxylation sites is 1. The van der Waals surface area contributed by atoms with Crippen LogP contribution in [0, 0.1) is 29.6 Å². The molecule has 1 unspecified atom stereocenters. The van der Waals surface area contributed by atoms with Crippen LogP contribution in [0.5, 0.6) is 0 Å². The van der Waals surface area contributed by atoms with Crippen molar-refractivity contribution in [3.63, 3.8) is 0 Å². The number of aliphatic hydroxyl groups excluding tert-OH is 2. The third-order valence-electron chi connectivity index (χ3n) is 9.28. The predicted octanol–water partition coefficient (Wildman–Crippen LogP) is 8.25. The fourth-order valence-corrected chi connectivity index (χ4v) is 7.02. The Morgan fingerprint density at radius 3 is 2.33 bits per heavy atom. The van der Waals surface area contributed by atoms with Gasteiger partial charge in [-0.05, 0) is 113 Å². The van der Waals surface area contributed by atoms with Crippen LogP contribution in [0.15, 0.2) is 84.1 Å². The molecule has 2 saturated carbocycles. The van der Waals surface area contributed by atoms with Gasteiger partial charge in [0.2, 0.25) is 0 Å². The molecule has 2 N–H and O–H groups in total. The Kier molecular flexibility index (Phi) is 12.3. The normalized spacial score (nSPS) is 24.3. The van der Waals surface area contributed by atoms with Gasteiger partial charge in [-0.25, -0.2) is 0 Å². The van der Waals surface area contributed by atoms with E-state index in [0.717, 1.165) is 56.2 Å². The highest BCUT2D eigenvalue weighted by molar-refractivity contribution is 5.94. The summed E-state index contributed by atoms with van der Waals surface area (Å²) in [5.41, 5.74) is 3.32. The van der Waals surface area contributed by atoms with Gasteiger partial charge in [-0.15, -0.1) is 0 Å². The lowest BCUT2D eigenvalue weighted by atomic mass is 9.87. The van der Waals surface area contributed by atoms with Gasteiger partial charge in [0.05, 0.1) is 18.4 Å². The van der Waals surface area contributed by atoms with Crippen LogP contribution >= 0.6 is 0 Å². The molecule has 228 valence electrons. The topological polar surface area (TPSA) is 70.0 Å². The van der Waals surface area contributed by atoms with Crippen molar-refractivity contribution >= 4 is 11.6 Å². The van der Waals surface area contributed by atoms with Crippen molar-refractivity contribution in [2.45, 2.75) is 84.8 Å². The molecule has 42 heavy (non-hydrogen) atoms. The van der Waals surface area contributed by atoms with Gasteiger partial charge in [-0.3, -0.25) is 4.79 Å². The molecule has 0 bridgehead atoms. The molecule has 0 aromatic heterocycles. The van der Waals surface area contributed by atoms with Gasteiger partial charge in [0, 0.05) is 18.2 Å². The number of allylic oxidation sites excluding steroid dienone is 3. The van der Waals surface area contributed by atoms with E-state index in [1.807, 2.05) is 66.7 Å². The van der Waals surface area contributed by atoms with Crippen LogP contribution in [0.3, 0.4) is 0 Å². The van der Waals surface area contributed by atoms with E-state index in [1.54, 1.807) is 4.90 Å². The highest BCUT2D eigenvalue weighted by Gasteiger charge is 2.49. The molecular formula is C37H51NO4. The first-order chi connectivity index (χ1) is 20.3. The molecule has 4 rings (SSSR count). The van der Waals surface area contributed by atoms with E-state index in [-0.39, 0.29) is 18.4 Å². The van der Waals surface area contributed by atoms with Crippen LogP contribution in [0.2, 0.25) is 0 Å². The van der Waals surface area contributed by atoms with Gasteiger partial charge >= 0.3 is 0 Å². The SMILES string of the molecule is CC(C)=CCCC(C)CCC=C(O)[C@H]1[C@@H]2C[C@@H](CCOCC(=O)N(Cc3ccccc3)c3ccccc3)C[C@H]2C[C@@H]1O. The summed E-state index contributed by atoms with van der Waals surface area (Å²) in [4.78, 5) is 15.0. The van der Waals surface area contributed by atoms with Gasteiger partial charge < -0.3 is 19.8 Å². The van der Waals surface area contributed by atoms with E-state index in [9.17, 15) is 15.0 Å². The van der Waals surface area contributed by atoms with Crippen LogP contribution in [0.4, 0.5) is 5.69 Å². The fraction of sp³-hybridized carbons (Fsp3) is 0.541. The van der Waals surface area contributed by atoms with E-state index in [4.69, 9.17) is 4.74 Å². The molecule has 0 heterocycles. The van der Waals surface area contributed by atoms with Crippen LogP contribution in [-0.2, 0) is 16.1 Å². The van der Waals surface area contributed by atoms with Crippen LogP contribution in [0.1, 0.15) is 77.7 Å². The molecule has 1 amide bonds. The minimum atomic E-state index is -0.449. The highest BCUT2D eigenvalue weighted by atomic mass is 16.5. The minimum Gasteiger partial charge on any atom is -0.512 e. The average Bonchev–Trinajstić information content (AvgIpc) is 3.50. The summed E-state index contributed by atoms with van der Waals surface area (Å²) >= 11 is 0. The second-order valence-electron chi connectivity index (χ2n) is 12.9. The van der Waals surface area contributed by atoms with E-state index >= 15 is 0 Å². The summed E-state index contributed by atoms with van der Waals surface area (Å²) in [6.45, 7) is 7.67. The number of hydrogen-bond donors (Lipinski definition) is 2. The summed E-state index contributed by atoms with van der Waals surface area (Å²) in [6.07, 6.45) is 11.8. The molecule has 2 aromatic rings. The maximum Gasteiger partial charge on any atom is 0.253 e. The number of carbonyl (C=O) groups is 1. The number of benzene rings is 2. The second-order valence-corrected chi connectivity index (χ2v) is 12.9. The first-order valence-electron chi connectivity index (χ1n) is 16.0. The summed E-state index contributed by atoms with van der Waals surface area (Å²) < 4.78 is 5.93. The Hall–Kier alpha value is -2.89. The van der Waals surface area contributed by atoms with Gasteiger partial charge in [0.15, 0.2) is 0 Å². The predicted molar refractivity (Wildman–Crippen MR) is 171 cm³/mol. The van der Waals surface area contributed by atoms with Gasteiger partial charge in [0.25, 0.3) is 5.91 Å². The zero-order valence-corrected chi connectivity index (χ0v) is 25.8. The zero-order chi connectivity index (χ0) is 29.9. The molecule has 0 aliphatic heterocycles. The summed E-state index contributed by atoms with van der Waals surface area (Å²) in [5, 5.41) is 21.7. The fourth-order valence-electron chi connectivity index (χ4n) is 7.02. The number of hydrogen-bond acceptors (Lipinski definition) is 4. The van der Waals surface area contributed by atoms with E-state index < -0.39 is 6.10 Å². The molecule has 5 nitrogen and oxygen atoms in total. The second kappa shape index (κ2) is 16.1. The van der Waals surface area contributed by atoms with Crippen molar-refractivity contribution < 1.29 is 19.7 Å². The van der Waals surface area contributed by atoms with Gasteiger partial charge in [0.1, 0.15) is 6.61 Å². The first-order valence-corrected chi connectivity index (χ1v) is 16.0. The lowest BCUT2D eigenvalue weighted by Gasteiger charge is -2.23. The number of amides is 1. The lowest BCUT2D eigenvalue weighted by molar-refractivity contribution is -0.123. The van der Waals surface area contributed by atoms with Crippen molar-refractivity contribution in [2.75, 3.05) is 18.1 Å². The molecule has 2 aliphatic rings. The van der Waals surface area contributed by atoms with E-state index in [0.29, 0.717) is 42.6 Å². The summed E-state index contributed by atoms with van der Waals surface area (Å²) in [5.74, 6) is 2.12. The number of carbonyl (C=O) groups excluding carboxylic acids is 1. The average molecular weight is 574 g/mol. The third kappa shape index (κ3) is 9.31. The maximum absolute atomic E-state index is 13.2. The molecule has 0 radical (unpaired) electrons. The monoisotopic (exact) mass is 573 g/mol. The number of fused-ring (bicyclic) bond motifs is 1. The van der Waals surface area contributed by atoms with Gasteiger partial charge in [-0.1, -0.05) is 67.1 Å². The number of rotatable bonds is 15. The quantitative estimate of drug-likeness (QED) is 0.128. The van der Waals surface area contributed by atoms with Gasteiger partial charge in [-0.2, -0.15) is 0 Å². The molecular weight excluding hydrogens is 522 g/mol. The van der Waals surface area contributed by atoms with Crippen molar-refractivity contribution in [3.05, 3.63) is 89.7 Å². The van der Waals surface area contributed by atoms with Crippen LogP contribution in [-0.4, -0.2) is 35.4 Å². The molecule has 0 saturated heterocycles. The molecule has 2 aromatic carbocycles. The molecule has 0 spiro atoms. The maximum atomic E-state index is 13.2. The van der Waals surface area contributed by atoms with Crippen LogP contribution < -0.4 is 4.90 Å². The minimum absolute atomic E-state index is 0.0437. The van der Waals surface area contributed by atoms with Crippen molar-refractivity contribution in [1.29, 1.82) is 0 Å². The van der Waals surface area contributed by atoms with Crippen molar-refractivity contribution in [1.82, 2.24) is 0 Å². The molecule has 2 fully saturated rings. The first kappa shape index (κ1) is 32.0. The largest absolute Gasteiger partial charge is 0.512 e. The molecule has 5 heteroatoms. The van der Waals surface area contributed by atoms with Crippen molar-refractivity contribution in [3.8, 4) is 0 Å². The third-order valence-corrected chi connectivity index (χ3v) is 9.28. The zero-order valence-electron chi connectivity index (χ0n) is 25.8. The van der Waals surface area contributed by atoms with E-state index in [1.165, 1.54) is 12.0 Å². The Morgan fingerprint density at radius 1 is 0.976 bits per heavy atom. The summed E-state index contributed by atoms with van der Waals surface area (Å²) in [6, 6.07) is 19.8. The number of aliphatic hydroxyl groups is 2. The van der Waals surface area contributed by atoms with Crippen molar-refractivity contribution in [2.24, 2.45) is 29.6 Å². The smallest absolute Gasteiger partial charge is 0.253 e. The molecule has 2 aliphatic carbocycles. The lowest BCUT2D eigenvalue weighted by Crippen LogP contribution is -2.33. The Labute approximate surface area is 253 Å². The van der Waals surface area contributed by atoms with E-state index in [2.05, 4.69) is 26.8 Å². The Balaban J connectivity index is 1.22. The Morgan fingerprint density at radius 2 is 1.64 bits per heavy atom. The number of nitrogens with zero attached hydrogens (tertiary/aromatic N) is 1. The standard InChI is InChI=1S/C37H51NO4/c1-27(2)12-10-13-28(3)14-11-19-34(39)37-33-23-30(22-31(33)24-35(37)40)20-21-42-26-36(41)38(32-17-8-5-9-18-32)25-29-15-6-4-7-16-29/h4-9,12,15-19,28,30-31,33,35,37,39-40H,10-11,13-14,20-26H2,1-3H3/t28?,30-,31-,33+,35-,37+/m0/s1. The highest BCUT2D eigenvalue weighted by Crippen LogP contribution is 2.52. The Bertz CT molecular complexity index is 1160.